The molecule has 0 aliphatic carbocycles. The summed E-state index contributed by atoms with van der Waals surface area (Å²) in [4.78, 5) is 41.9. The van der Waals surface area contributed by atoms with Crippen LogP contribution in [0.4, 0.5) is 14.6 Å². The van der Waals surface area contributed by atoms with Gasteiger partial charge in [-0.25, -0.2) is 18.7 Å². The van der Waals surface area contributed by atoms with Crippen LogP contribution in [-0.4, -0.2) is 63.1 Å². The van der Waals surface area contributed by atoms with Gasteiger partial charge in [-0.2, -0.15) is 0 Å². The number of halogens is 3. The normalized spacial score (nSPS) is 14.3. The first-order chi connectivity index (χ1) is 16.6. The molecule has 4 rings (SSSR count). The lowest BCUT2D eigenvalue weighted by Crippen LogP contribution is -2.48. The molecule has 2 aromatic carbocycles. The molecule has 13 heteroatoms. The van der Waals surface area contributed by atoms with E-state index in [2.05, 4.69) is 16.5 Å². The van der Waals surface area contributed by atoms with E-state index < -0.39 is 25.6 Å². The summed E-state index contributed by atoms with van der Waals surface area (Å²) < 4.78 is 47.0. The fourth-order valence-corrected chi connectivity index (χ4v) is 4.48. The van der Waals surface area contributed by atoms with Crippen molar-refractivity contribution in [1.29, 1.82) is 0 Å². The van der Waals surface area contributed by atoms with Gasteiger partial charge in [0.25, 0.3) is 0 Å². The van der Waals surface area contributed by atoms with Crippen LogP contribution < -0.4 is 9.64 Å². The van der Waals surface area contributed by atoms with Crippen LogP contribution in [0.2, 0.25) is 5.02 Å². The van der Waals surface area contributed by atoms with Crippen LogP contribution in [0.25, 0.3) is 22.0 Å². The number of benzene rings is 2. The van der Waals surface area contributed by atoms with Crippen LogP contribution >= 0.6 is 19.2 Å². The topological polar surface area (TPSA) is 116 Å². The molecule has 1 saturated heterocycles. The lowest BCUT2D eigenvalue weighted by molar-refractivity contribution is -0.126. The maximum atomic E-state index is 15.8. The lowest BCUT2D eigenvalue weighted by atomic mass is 10.0. The zero-order valence-electron chi connectivity index (χ0n) is 18.2. The third-order valence-corrected chi connectivity index (χ3v) is 6.24. The Morgan fingerprint density at radius 2 is 1.91 bits per heavy atom. The Morgan fingerprint density at radius 3 is 2.57 bits per heavy atom. The fraction of sp³-hybridized carbons (Fsp3) is 0.227. The molecule has 35 heavy (non-hydrogen) atoms. The van der Waals surface area contributed by atoms with Gasteiger partial charge in [-0.3, -0.25) is 9.36 Å². The van der Waals surface area contributed by atoms with Crippen molar-refractivity contribution in [3.63, 3.8) is 0 Å². The molecule has 184 valence electrons. The Balaban J connectivity index is 1.77. The van der Waals surface area contributed by atoms with Crippen molar-refractivity contribution < 1.29 is 32.7 Å². The van der Waals surface area contributed by atoms with E-state index >= 15 is 4.39 Å². The van der Waals surface area contributed by atoms with Gasteiger partial charge in [0.2, 0.25) is 5.91 Å². The quantitative estimate of drug-likeness (QED) is 0.371. The summed E-state index contributed by atoms with van der Waals surface area (Å²) in [6, 6.07) is 4.97. The standard InChI is InChI=1S/C22H20ClF2N4O5P/c1-2-17(30)28-6-8-29(9-7-28)22-13-10-14(23)18(20(25)21(13)26-11-27-22)19-15(24)4-3-5-16(19)34-12-35(31,32)33/h2-5,10-11H,1,6-9,12H2,(H2,31,32,33). The van der Waals surface area contributed by atoms with Gasteiger partial charge >= 0.3 is 7.60 Å². The number of fused-ring (bicyclic) bond motifs is 1. The molecule has 1 aliphatic heterocycles. The minimum absolute atomic E-state index is 0.122. The minimum atomic E-state index is -4.58. The Labute approximate surface area is 203 Å². The second-order valence-corrected chi connectivity index (χ2v) is 9.70. The van der Waals surface area contributed by atoms with Crippen molar-refractivity contribution in [2.75, 3.05) is 37.4 Å². The van der Waals surface area contributed by atoms with E-state index in [1.165, 1.54) is 30.6 Å². The van der Waals surface area contributed by atoms with Gasteiger partial charge in [-0.1, -0.05) is 24.2 Å². The molecule has 1 aliphatic rings. The summed E-state index contributed by atoms with van der Waals surface area (Å²) in [5.74, 6) is -1.91. The van der Waals surface area contributed by atoms with Gasteiger partial charge in [-0.15, -0.1) is 0 Å². The Morgan fingerprint density at radius 1 is 1.20 bits per heavy atom. The summed E-state index contributed by atoms with van der Waals surface area (Å²) in [6.07, 6.45) is 1.39. The van der Waals surface area contributed by atoms with Gasteiger partial charge in [0.1, 0.15) is 29.2 Å². The van der Waals surface area contributed by atoms with Crippen LogP contribution in [0, 0.1) is 11.6 Å². The third-order valence-electron chi connectivity index (χ3n) is 5.48. The van der Waals surface area contributed by atoms with E-state index in [4.69, 9.17) is 26.1 Å². The predicted octanol–water partition coefficient (Wildman–Crippen LogP) is 3.58. The summed E-state index contributed by atoms with van der Waals surface area (Å²) in [6.45, 7) is 5.18. The van der Waals surface area contributed by atoms with Gasteiger partial charge < -0.3 is 24.3 Å². The highest BCUT2D eigenvalue weighted by Gasteiger charge is 2.27. The number of hydrogen-bond acceptors (Lipinski definition) is 6. The van der Waals surface area contributed by atoms with Crippen molar-refractivity contribution >= 4 is 41.8 Å². The average molecular weight is 525 g/mol. The summed E-state index contributed by atoms with van der Waals surface area (Å²) in [5, 5.41) is 0.119. The van der Waals surface area contributed by atoms with Crippen LogP contribution in [0.1, 0.15) is 0 Å². The number of carbonyl (C=O) groups excluding carboxylic acids is 1. The average Bonchev–Trinajstić information content (AvgIpc) is 2.83. The molecule has 1 fully saturated rings. The van der Waals surface area contributed by atoms with Crippen molar-refractivity contribution in [1.82, 2.24) is 14.9 Å². The van der Waals surface area contributed by atoms with E-state index in [-0.39, 0.29) is 38.7 Å². The van der Waals surface area contributed by atoms with E-state index in [1.807, 2.05) is 4.90 Å². The molecule has 1 aromatic heterocycles. The number of aromatic nitrogens is 2. The zero-order chi connectivity index (χ0) is 25.3. The molecule has 0 radical (unpaired) electrons. The zero-order valence-corrected chi connectivity index (χ0v) is 19.8. The minimum Gasteiger partial charge on any atom is -0.480 e. The molecule has 1 amide bonds. The van der Waals surface area contributed by atoms with Crippen LogP contribution in [0.5, 0.6) is 5.75 Å². The number of nitrogens with zero attached hydrogens (tertiary/aromatic N) is 4. The Bertz CT molecular complexity index is 1360. The van der Waals surface area contributed by atoms with Crippen molar-refractivity contribution in [3.05, 3.63) is 59.9 Å². The molecule has 9 nitrogen and oxygen atoms in total. The molecular weight excluding hydrogens is 505 g/mol. The van der Waals surface area contributed by atoms with Crippen LogP contribution in [-0.2, 0) is 9.36 Å². The van der Waals surface area contributed by atoms with E-state index in [1.54, 1.807) is 4.90 Å². The first-order valence-electron chi connectivity index (χ1n) is 10.4. The molecular formula is C22H20ClF2N4O5P. The van der Waals surface area contributed by atoms with Gasteiger partial charge in [0.15, 0.2) is 12.2 Å². The van der Waals surface area contributed by atoms with Crippen molar-refractivity contribution in [2.45, 2.75) is 0 Å². The second kappa shape index (κ2) is 9.87. The summed E-state index contributed by atoms with van der Waals surface area (Å²) >= 11 is 6.42. The van der Waals surface area contributed by atoms with E-state index in [0.29, 0.717) is 32.0 Å². The van der Waals surface area contributed by atoms with E-state index in [0.717, 1.165) is 6.07 Å². The Hall–Kier alpha value is -3.11. The number of carbonyl (C=O) groups is 1. The highest BCUT2D eigenvalue weighted by molar-refractivity contribution is 7.51. The second-order valence-electron chi connectivity index (χ2n) is 7.71. The van der Waals surface area contributed by atoms with Gasteiger partial charge in [0, 0.05) is 37.1 Å². The first kappa shape index (κ1) is 25.0. The number of amides is 1. The number of hydrogen-bond donors (Lipinski definition) is 2. The van der Waals surface area contributed by atoms with E-state index in [9.17, 15) is 13.8 Å². The molecule has 0 saturated carbocycles. The number of anilines is 1. The first-order valence-corrected chi connectivity index (χ1v) is 12.5. The molecule has 3 aromatic rings. The molecule has 2 N–H and O–H groups in total. The maximum absolute atomic E-state index is 15.8. The highest BCUT2D eigenvalue weighted by Crippen LogP contribution is 2.44. The number of piperazine rings is 1. The molecule has 0 spiro atoms. The Kier molecular flexibility index (Phi) is 7.05. The van der Waals surface area contributed by atoms with Crippen LogP contribution in [0.15, 0.2) is 43.2 Å². The summed E-state index contributed by atoms with van der Waals surface area (Å²) in [5.41, 5.74) is -0.866. The third kappa shape index (κ3) is 5.13. The largest absolute Gasteiger partial charge is 0.480 e. The predicted molar refractivity (Wildman–Crippen MR) is 126 cm³/mol. The number of rotatable bonds is 6. The molecule has 0 atom stereocenters. The molecule has 0 bridgehead atoms. The monoisotopic (exact) mass is 524 g/mol. The highest BCUT2D eigenvalue weighted by atomic mass is 35.5. The van der Waals surface area contributed by atoms with Crippen molar-refractivity contribution in [2.24, 2.45) is 0 Å². The smallest absolute Gasteiger partial charge is 0.362 e. The number of ether oxygens (including phenoxy) is 1. The fourth-order valence-electron chi connectivity index (χ4n) is 3.89. The lowest BCUT2D eigenvalue weighted by Gasteiger charge is -2.35. The maximum Gasteiger partial charge on any atom is 0.362 e. The SMILES string of the molecule is C=CC(=O)N1CCN(c2ncnc3c(F)c(-c4c(F)cccc4OCP(=O)(O)O)c(Cl)cc23)CC1. The van der Waals surface area contributed by atoms with Gasteiger partial charge in [0.05, 0.1) is 10.6 Å². The molecule has 2 heterocycles. The van der Waals surface area contributed by atoms with Crippen LogP contribution in [0.3, 0.4) is 0 Å². The van der Waals surface area contributed by atoms with Gasteiger partial charge in [-0.05, 0) is 24.3 Å². The van der Waals surface area contributed by atoms with Crippen molar-refractivity contribution in [3.8, 4) is 16.9 Å². The molecule has 0 unspecified atom stereocenters. The summed E-state index contributed by atoms with van der Waals surface area (Å²) in [7, 11) is -4.58.